The van der Waals surface area contributed by atoms with Gasteiger partial charge in [0.2, 0.25) is 0 Å². The minimum absolute atomic E-state index is 0.0636. The zero-order valence-corrected chi connectivity index (χ0v) is 12.0. The van der Waals surface area contributed by atoms with E-state index in [9.17, 15) is 18.5 Å². The van der Waals surface area contributed by atoms with E-state index in [-0.39, 0.29) is 17.2 Å². The molecule has 0 fully saturated rings. The highest BCUT2D eigenvalue weighted by molar-refractivity contribution is 7.91. The molecule has 6 nitrogen and oxygen atoms in total. The lowest BCUT2D eigenvalue weighted by molar-refractivity contribution is -0.384. The molecule has 1 N–H and O–H groups in total. The molecule has 0 radical (unpaired) electrons. The minimum atomic E-state index is -2.99. The highest BCUT2D eigenvalue weighted by atomic mass is 35.5. The van der Waals surface area contributed by atoms with Crippen LogP contribution in [0, 0.1) is 10.1 Å². The van der Waals surface area contributed by atoms with E-state index in [2.05, 4.69) is 5.32 Å². The third kappa shape index (κ3) is 5.14. The summed E-state index contributed by atoms with van der Waals surface area (Å²) >= 11 is 5.91. The fourth-order valence-electron chi connectivity index (χ4n) is 1.39. The first-order valence-corrected chi connectivity index (χ1v) is 7.89. The Kier molecular flexibility index (Phi) is 5.71. The normalized spacial score (nSPS) is 11.5. The van der Waals surface area contributed by atoms with Crippen molar-refractivity contribution in [2.75, 3.05) is 18.1 Å². The van der Waals surface area contributed by atoms with Crippen molar-refractivity contribution >= 4 is 27.1 Å². The predicted molar refractivity (Wildman–Crippen MR) is 74.1 cm³/mol. The zero-order valence-electron chi connectivity index (χ0n) is 10.4. The van der Waals surface area contributed by atoms with Gasteiger partial charge in [-0.05, 0) is 11.6 Å². The number of rotatable bonds is 7. The maximum atomic E-state index is 11.3. The maximum Gasteiger partial charge on any atom is 0.270 e. The number of nitrogens with one attached hydrogen (secondary N) is 1. The van der Waals surface area contributed by atoms with E-state index in [1.165, 1.54) is 12.1 Å². The Morgan fingerprint density at radius 2 is 2.11 bits per heavy atom. The minimum Gasteiger partial charge on any atom is -0.312 e. The molecular formula is C11H15ClN2O4S. The third-order valence-corrected chi connectivity index (χ3v) is 4.65. The SMILES string of the molecule is CCS(=O)(=O)CCNCc1ccc([N+](=O)[O-])cc1Cl. The lowest BCUT2D eigenvalue weighted by atomic mass is 10.2. The van der Waals surface area contributed by atoms with Crippen molar-refractivity contribution in [2.45, 2.75) is 13.5 Å². The third-order valence-electron chi connectivity index (χ3n) is 2.59. The van der Waals surface area contributed by atoms with Gasteiger partial charge in [0.1, 0.15) is 0 Å². The molecule has 0 aromatic heterocycles. The molecule has 8 heteroatoms. The van der Waals surface area contributed by atoms with Gasteiger partial charge in [-0.3, -0.25) is 10.1 Å². The van der Waals surface area contributed by atoms with Gasteiger partial charge in [-0.25, -0.2) is 8.42 Å². The number of hydrogen-bond acceptors (Lipinski definition) is 5. The van der Waals surface area contributed by atoms with Crippen molar-refractivity contribution in [1.29, 1.82) is 0 Å². The van der Waals surface area contributed by atoms with E-state index in [1.54, 1.807) is 13.0 Å². The number of nitrogens with zero attached hydrogens (tertiary/aromatic N) is 1. The molecule has 0 amide bonds. The van der Waals surface area contributed by atoms with Crippen molar-refractivity contribution in [3.63, 3.8) is 0 Å². The van der Waals surface area contributed by atoms with Crippen LogP contribution < -0.4 is 5.32 Å². The van der Waals surface area contributed by atoms with E-state index < -0.39 is 14.8 Å². The lowest BCUT2D eigenvalue weighted by Crippen LogP contribution is -2.23. The summed E-state index contributed by atoms with van der Waals surface area (Å²) in [5.41, 5.74) is 0.628. The summed E-state index contributed by atoms with van der Waals surface area (Å²) in [7, 11) is -2.99. The van der Waals surface area contributed by atoms with Crippen LogP contribution >= 0.6 is 11.6 Å². The Balaban J connectivity index is 2.53. The van der Waals surface area contributed by atoms with Crippen molar-refractivity contribution in [2.24, 2.45) is 0 Å². The van der Waals surface area contributed by atoms with Gasteiger partial charge in [0, 0.05) is 31.0 Å². The van der Waals surface area contributed by atoms with Crippen LogP contribution in [0.5, 0.6) is 0 Å². The van der Waals surface area contributed by atoms with Crippen LogP contribution in [0.25, 0.3) is 0 Å². The molecule has 0 unspecified atom stereocenters. The van der Waals surface area contributed by atoms with Crippen molar-refractivity contribution in [1.82, 2.24) is 5.32 Å². The van der Waals surface area contributed by atoms with Crippen LogP contribution in [0.3, 0.4) is 0 Å². The van der Waals surface area contributed by atoms with Gasteiger partial charge in [0.05, 0.1) is 15.7 Å². The summed E-state index contributed by atoms with van der Waals surface area (Å²) in [6.07, 6.45) is 0. The molecule has 0 bridgehead atoms. The molecule has 1 rings (SSSR count). The second-order valence-electron chi connectivity index (χ2n) is 3.95. The Morgan fingerprint density at radius 1 is 1.42 bits per heavy atom. The molecule has 0 aliphatic heterocycles. The summed E-state index contributed by atoms with van der Waals surface area (Å²) in [4.78, 5) is 10.0. The fourth-order valence-corrected chi connectivity index (χ4v) is 2.37. The van der Waals surface area contributed by atoms with Gasteiger partial charge in [0.25, 0.3) is 5.69 Å². The Morgan fingerprint density at radius 3 is 2.63 bits per heavy atom. The first-order valence-electron chi connectivity index (χ1n) is 5.69. The molecule has 0 atom stereocenters. The van der Waals surface area contributed by atoms with Crippen LogP contribution in [0.15, 0.2) is 18.2 Å². The number of nitro groups is 1. The Hall–Kier alpha value is -1.18. The van der Waals surface area contributed by atoms with Gasteiger partial charge in [-0.2, -0.15) is 0 Å². The highest BCUT2D eigenvalue weighted by Crippen LogP contribution is 2.22. The topological polar surface area (TPSA) is 89.3 Å². The molecule has 1 aromatic rings. The second-order valence-corrected chi connectivity index (χ2v) is 6.83. The summed E-state index contributed by atoms with van der Waals surface area (Å²) in [6, 6.07) is 4.20. The molecule has 0 spiro atoms. The van der Waals surface area contributed by atoms with Gasteiger partial charge >= 0.3 is 0 Å². The van der Waals surface area contributed by atoms with Crippen molar-refractivity contribution in [3.05, 3.63) is 38.9 Å². The van der Waals surface area contributed by atoms with Crippen molar-refractivity contribution < 1.29 is 13.3 Å². The van der Waals surface area contributed by atoms with Crippen LogP contribution in [-0.2, 0) is 16.4 Å². The Bertz CT molecular complexity index is 560. The number of sulfone groups is 1. The first kappa shape index (κ1) is 15.9. The van der Waals surface area contributed by atoms with Gasteiger partial charge < -0.3 is 5.32 Å². The second kappa shape index (κ2) is 6.83. The average Bonchev–Trinajstić information content (AvgIpc) is 2.36. The molecule has 0 saturated carbocycles. The average molecular weight is 307 g/mol. The van der Waals surface area contributed by atoms with Crippen LogP contribution in [-0.4, -0.2) is 31.4 Å². The number of nitro benzene ring substituents is 1. The quantitative estimate of drug-likeness (QED) is 0.471. The molecule has 0 heterocycles. The lowest BCUT2D eigenvalue weighted by Gasteiger charge is -2.06. The van der Waals surface area contributed by atoms with E-state index in [0.717, 1.165) is 0 Å². The maximum absolute atomic E-state index is 11.3. The predicted octanol–water partition coefficient (Wildman–Crippen LogP) is 1.77. The monoisotopic (exact) mass is 306 g/mol. The molecule has 0 aliphatic carbocycles. The molecule has 0 saturated heterocycles. The largest absolute Gasteiger partial charge is 0.312 e. The van der Waals surface area contributed by atoms with Crippen molar-refractivity contribution in [3.8, 4) is 0 Å². The van der Waals surface area contributed by atoms with Gasteiger partial charge in [0.15, 0.2) is 9.84 Å². The van der Waals surface area contributed by atoms with E-state index in [1.807, 2.05) is 0 Å². The highest BCUT2D eigenvalue weighted by Gasteiger charge is 2.10. The van der Waals surface area contributed by atoms with E-state index >= 15 is 0 Å². The van der Waals surface area contributed by atoms with Gasteiger partial charge in [-0.1, -0.05) is 18.5 Å². The molecular weight excluding hydrogens is 292 g/mol. The Labute approximate surface area is 116 Å². The van der Waals surface area contributed by atoms with Crippen LogP contribution in [0.4, 0.5) is 5.69 Å². The zero-order chi connectivity index (χ0) is 14.5. The summed E-state index contributed by atoms with van der Waals surface area (Å²) in [6.45, 7) is 2.29. The summed E-state index contributed by atoms with van der Waals surface area (Å²) in [5, 5.41) is 13.8. The standard InChI is InChI=1S/C11H15ClN2O4S/c1-2-19(17,18)6-5-13-8-9-3-4-10(14(15)16)7-11(9)12/h3-4,7,13H,2,5-6,8H2,1H3. The van der Waals surface area contributed by atoms with E-state index in [4.69, 9.17) is 11.6 Å². The number of non-ortho nitro benzene ring substituents is 1. The smallest absolute Gasteiger partial charge is 0.270 e. The molecule has 106 valence electrons. The molecule has 1 aromatic carbocycles. The molecule has 19 heavy (non-hydrogen) atoms. The number of halogens is 1. The number of hydrogen-bond donors (Lipinski definition) is 1. The van der Waals surface area contributed by atoms with Crippen LogP contribution in [0.1, 0.15) is 12.5 Å². The number of benzene rings is 1. The van der Waals surface area contributed by atoms with Crippen LogP contribution in [0.2, 0.25) is 5.02 Å². The van der Waals surface area contributed by atoms with Gasteiger partial charge in [-0.15, -0.1) is 0 Å². The summed E-state index contributed by atoms with van der Waals surface area (Å²) < 4.78 is 22.5. The molecule has 0 aliphatic rings. The fraction of sp³-hybridized carbons (Fsp3) is 0.455. The first-order chi connectivity index (χ1) is 8.85. The summed E-state index contributed by atoms with van der Waals surface area (Å²) in [5.74, 6) is 0.182. The van der Waals surface area contributed by atoms with E-state index in [0.29, 0.717) is 23.7 Å².